The van der Waals surface area contributed by atoms with E-state index in [1.165, 1.54) is 6.08 Å². The number of unbranched alkanes of at least 4 members (excludes halogenated alkanes) is 1. The molecule has 1 atom stereocenters. The van der Waals surface area contributed by atoms with Gasteiger partial charge in [-0.15, -0.1) is 0 Å². The lowest BCUT2D eigenvalue weighted by Crippen LogP contribution is -2.15. The van der Waals surface area contributed by atoms with Crippen molar-refractivity contribution >= 4 is 12.0 Å². The Labute approximate surface area is 142 Å². The first kappa shape index (κ1) is 17.9. The van der Waals surface area contributed by atoms with Gasteiger partial charge in [-0.2, -0.15) is 5.26 Å². The summed E-state index contributed by atoms with van der Waals surface area (Å²) in [6.45, 7) is 4.77. The van der Waals surface area contributed by atoms with Gasteiger partial charge < -0.3 is 14.2 Å². The molecule has 1 aliphatic rings. The molecule has 1 aromatic rings. The van der Waals surface area contributed by atoms with Gasteiger partial charge in [-0.1, -0.05) is 39.2 Å². The third-order valence-electron chi connectivity index (χ3n) is 4.04. The molecule has 128 valence electrons. The van der Waals surface area contributed by atoms with Gasteiger partial charge in [0, 0.05) is 0 Å². The molecule has 0 fully saturated rings. The standard InChI is InChI=1S/C19H23NO4/c1-3-5-6-14(4-2)12-22-19(21)16(11-20)9-15-7-8-17-18(10-15)24-13-23-17/h7-10,14H,3-6,12-13H2,1-2H3/b16-9+/t14-/m0/s1. The third kappa shape index (κ3) is 4.76. The Morgan fingerprint density at radius 3 is 2.88 bits per heavy atom. The molecule has 0 radical (unpaired) electrons. The average Bonchev–Trinajstić information content (AvgIpc) is 3.07. The second-order valence-electron chi connectivity index (χ2n) is 5.80. The van der Waals surface area contributed by atoms with E-state index in [1.807, 2.05) is 6.07 Å². The maximum atomic E-state index is 12.1. The van der Waals surface area contributed by atoms with E-state index in [9.17, 15) is 10.1 Å². The van der Waals surface area contributed by atoms with Crippen LogP contribution in [-0.2, 0) is 9.53 Å². The van der Waals surface area contributed by atoms with Gasteiger partial charge in [0.15, 0.2) is 11.5 Å². The van der Waals surface area contributed by atoms with E-state index in [0.717, 1.165) is 25.7 Å². The van der Waals surface area contributed by atoms with Gasteiger partial charge in [-0.3, -0.25) is 0 Å². The molecule has 24 heavy (non-hydrogen) atoms. The fraction of sp³-hybridized carbons (Fsp3) is 0.474. The van der Waals surface area contributed by atoms with Crippen LogP contribution in [0.1, 0.15) is 45.1 Å². The first-order valence-electron chi connectivity index (χ1n) is 8.36. The Hall–Kier alpha value is -2.48. The average molecular weight is 329 g/mol. The summed E-state index contributed by atoms with van der Waals surface area (Å²) >= 11 is 0. The molecule has 0 unspecified atom stereocenters. The Bertz CT molecular complexity index is 645. The fourth-order valence-corrected chi connectivity index (χ4v) is 2.48. The number of esters is 1. The highest BCUT2D eigenvalue weighted by Crippen LogP contribution is 2.33. The molecule has 0 aromatic heterocycles. The number of hydrogen-bond acceptors (Lipinski definition) is 5. The minimum Gasteiger partial charge on any atom is -0.461 e. The molecule has 1 heterocycles. The van der Waals surface area contributed by atoms with Crippen molar-refractivity contribution in [1.82, 2.24) is 0 Å². The summed E-state index contributed by atoms with van der Waals surface area (Å²) in [5.74, 6) is 1.04. The van der Waals surface area contributed by atoms with Crippen LogP contribution in [0.2, 0.25) is 0 Å². The predicted molar refractivity (Wildman–Crippen MR) is 90.4 cm³/mol. The van der Waals surface area contributed by atoms with Gasteiger partial charge in [0.25, 0.3) is 0 Å². The lowest BCUT2D eigenvalue weighted by molar-refractivity contribution is -0.139. The van der Waals surface area contributed by atoms with E-state index in [0.29, 0.717) is 29.6 Å². The predicted octanol–water partition coefficient (Wildman–Crippen LogP) is 4.08. The van der Waals surface area contributed by atoms with Crippen LogP contribution in [0.4, 0.5) is 0 Å². The number of benzene rings is 1. The van der Waals surface area contributed by atoms with Crippen molar-refractivity contribution in [1.29, 1.82) is 5.26 Å². The van der Waals surface area contributed by atoms with E-state index >= 15 is 0 Å². The van der Waals surface area contributed by atoms with Crippen LogP contribution in [0.5, 0.6) is 11.5 Å². The molecule has 1 aromatic carbocycles. The zero-order valence-corrected chi connectivity index (χ0v) is 14.2. The van der Waals surface area contributed by atoms with Crippen molar-refractivity contribution in [3.63, 3.8) is 0 Å². The molecule has 0 saturated carbocycles. The lowest BCUT2D eigenvalue weighted by atomic mass is 10.0. The van der Waals surface area contributed by atoms with Crippen LogP contribution >= 0.6 is 0 Å². The molecule has 0 spiro atoms. The van der Waals surface area contributed by atoms with Gasteiger partial charge in [0.1, 0.15) is 11.6 Å². The highest BCUT2D eigenvalue weighted by Gasteiger charge is 2.16. The van der Waals surface area contributed by atoms with Crippen LogP contribution in [0, 0.1) is 17.2 Å². The third-order valence-corrected chi connectivity index (χ3v) is 4.04. The number of fused-ring (bicyclic) bond motifs is 1. The molecule has 2 rings (SSSR count). The van der Waals surface area contributed by atoms with Crippen molar-refractivity contribution in [3.8, 4) is 17.6 Å². The van der Waals surface area contributed by atoms with E-state index < -0.39 is 5.97 Å². The molecule has 0 N–H and O–H groups in total. The van der Waals surface area contributed by atoms with Crippen LogP contribution < -0.4 is 9.47 Å². The first-order chi connectivity index (χ1) is 11.7. The van der Waals surface area contributed by atoms with Gasteiger partial charge in [-0.05, 0) is 36.1 Å². The Kier molecular flexibility index (Phi) is 6.68. The molecule has 0 saturated heterocycles. The van der Waals surface area contributed by atoms with Gasteiger partial charge in [0.2, 0.25) is 6.79 Å². The minimum absolute atomic E-state index is 0.0146. The topological polar surface area (TPSA) is 68.6 Å². The smallest absolute Gasteiger partial charge is 0.348 e. The number of ether oxygens (including phenoxy) is 3. The van der Waals surface area contributed by atoms with E-state index in [-0.39, 0.29) is 12.4 Å². The number of carbonyl (C=O) groups excluding carboxylic acids is 1. The summed E-state index contributed by atoms with van der Waals surface area (Å²) in [6.07, 6.45) is 5.75. The highest BCUT2D eigenvalue weighted by atomic mass is 16.7. The second kappa shape index (κ2) is 8.97. The molecule has 0 aliphatic carbocycles. The summed E-state index contributed by atoms with van der Waals surface area (Å²) < 4.78 is 15.9. The van der Waals surface area contributed by atoms with Crippen molar-refractivity contribution < 1.29 is 19.0 Å². The number of nitrogens with zero attached hydrogens (tertiary/aromatic N) is 1. The minimum atomic E-state index is -0.579. The Morgan fingerprint density at radius 2 is 2.17 bits per heavy atom. The van der Waals surface area contributed by atoms with Crippen molar-refractivity contribution in [2.24, 2.45) is 5.92 Å². The zero-order chi connectivity index (χ0) is 17.4. The quantitative estimate of drug-likeness (QED) is 0.408. The highest BCUT2D eigenvalue weighted by molar-refractivity contribution is 5.98. The van der Waals surface area contributed by atoms with Crippen LogP contribution in [-0.4, -0.2) is 19.4 Å². The number of hydrogen-bond donors (Lipinski definition) is 0. The summed E-state index contributed by atoms with van der Waals surface area (Å²) in [7, 11) is 0. The molecular formula is C19H23NO4. The summed E-state index contributed by atoms with van der Waals surface area (Å²) in [4.78, 5) is 12.1. The van der Waals surface area contributed by atoms with E-state index in [1.54, 1.807) is 18.2 Å². The molecule has 5 nitrogen and oxygen atoms in total. The maximum absolute atomic E-state index is 12.1. The normalized spacial score (nSPS) is 14.1. The van der Waals surface area contributed by atoms with Crippen molar-refractivity contribution in [3.05, 3.63) is 29.3 Å². The molecular weight excluding hydrogens is 306 g/mol. The Balaban J connectivity index is 1.99. The number of carbonyl (C=O) groups is 1. The molecule has 0 amide bonds. The van der Waals surface area contributed by atoms with Crippen molar-refractivity contribution in [2.45, 2.75) is 39.5 Å². The van der Waals surface area contributed by atoms with Crippen molar-refractivity contribution in [2.75, 3.05) is 13.4 Å². The molecule has 5 heteroatoms. The van der Waals surface area contributed by atoms with E-state index in [2.05, 4.69) is 13.8 Å². The second-order valence-corrected chi connectivity index (χ2v) is 5.80. The largest absolute Gasteiger partial charge is 0.461 e. The zero-order valence-electron chi connectivity index (χ0n) is 14.2. The summed E-state index contributed by atoms with van der Waals surface area (Å²) in [6, 6.07) is 7.18. The van der Waals surface area contributed by atoms with E-state index in [4.69, 9.17) is 14.2 Å². The Morgan fingerprint density at radius 1 is 1.38 bits per heavy atom. The first-order valence-corrected chi connectivity index (χ1v) is 8.36. The summed E-state index contributed by atoms with van der Waals surface area (Å²) in [5, 5.41) is 9.24. The van der Waals surface area contributed by atoms with Gasteiger partial charge in [-0.25, -0.2) is 4.79 Å². The molecule has 1 aliphatic heterocycles. The van der Waals surface area contributed by atoms with Gasteiger partial charge in [0.05, 0.1) is 6.61 Å². The number of rotatable bonds is 8. The monoisotopic (exact) mass is 329 g/mol. The SMILES string of the molecule is CCCC[C@H](CC)COC(=O)/C(C#N)=C/c1ccc2c(c1)OCO2. The fourth-order valence-electron chi connectivity index (χ4n) is 2.48. The summed E-state index contributed by atoms with van der Waals surface area (Å²) in [5.41, 5.74) is 0.685. The molecule has 0 bridgehead atoms. The lowest BCUT2D eigenvalue weighted by Gasteiger charge is -2.14. The van der Waals surface area contributed by atoms with Crippen LogP contribution in [0.3, 0.4) is 0 Å². The van der Waals surface area contributed by atoms with Gasteiger partial charge >= 0.3 is 5.97 Å². The number of nitriles is 1. The maximum Gasteiger partial charge on any atom is 0.348 e. The van der Waals surface area contributed by atoms with Crippen LogP contribution in [0.15, 0.2) is 23.8 Å². The van der Waals surface area contributed by atoms with Crippen LogP contribution in [0.25, 0.3) is 6.08 Å².